The van der Waals surface area contributed by atoms with Gasteiger partial charge in [-0.1, -0.05) is 6.92 Å². The van der Waals surface area contributed by atoms with Crippen LogP contribution in [0.5, 0.6) is 0 Å². The second kappa shape index (κ2) is 6.35. The number of rotatable bonds is 8. The van der Waals surface area contributed by atoms with Gasteiger partial charge in [-0.05, 0) is 25.3 Å². The normalized spacial score (nSPS) is 17.8. The van der Waals surface area contributed by atoms with Crippen LogP contribution < -0.4 is 5.32 Å². The first kappa shape index (κ1) is 14.4. The van der Waals surface area contributed by atoms with Crippen LogP contribution >= 0.6 is 0 Å². The van der Waals surface area contributed by atoms with Crippen LogP contribution in [0, 0.1) is 5.92 Å². The maximum atomic E-state index is 11.8. The number of ether oxygens (including phenoxy) is 1. The molecule has 0 bridgehead atoms. The van der Waals surface area contributed by atoms with Gasteiger partial charge < -0.3 is 10.1 Å². The molecule has 1 N–H and O–H groups in total. The van der Waals surface area contributed by atoms with Gasteiger partial charge in [0.15, 0.2) is 9.84 Å². The standard InChI is InChI=1S/C11H21NO4S/c1-3-12-10(9-4-5-9)8-17(14,15)7-6-11(13)16-2/h9-10,12H,3-8H2,1-2H3. The number of esters is 1. The largest absolute Gasteiger partial charge is 0.469 e. The fourth-order valence-electron chi connectivity index (χ4n) is 1.82. The van der Waals surface area contributed by atoms with Crippen molar-refractivity contribution in [2.24, 2.45) is 5.92 Å². The molecule has 5 nitrogen and oxygen atoms in total. The molecule has 1 fully saturated rings. The fourth-order valence-corrected chi connectivity index (χ4v) is 3.40. The molecule has 1 rings (SSSR count). The molecular formula is C11H21NO4S. The van der Waals surface area contributed by atoms with Gasteiger partial charge in [-0.25, -0.2) is 8.42 Å². The van der Waals surface area contributed by atoms with Gasteiger partial charge >= 0.3 is 5.97 Å². The zero-order valence-corrected chi connectivity index (χ0v) is 11.3. The third-order valence-corrected chi connectivity index (χ3v) is 4.63. The minimum absolute atomic E-state index is 0.0441. The van der Waals surface area contributed by atoms with Crippen molar-refractivity contribution in [2.45, 2.75) is 32.2 Å². The van der Waals surface area contributed by atoms with E-state index in [1.807, 2.05) is 6.92 Å². The Labute approximate surface area is 103 Å². The summed E-state index contributed by atoms with van der Waals surface area (Å²) in [4.78, 5) is 10.9. The summed E-state index contributed by atoms with van der Waals surface area (Å²) in [6.45, 7) is 2.74. The monoisotopic (exact) mass is 263 g/mol. The molecule has 0 radical (unpaired) electrons. The van der Waals surface area contributed by atoms with E-state index in [2.05, 4.69) is 10.1 Å². The topological polar surface area (TPSA) is 72.5 Å². The Morgan fingerprint density at radius 1 is 1.47 bits per heavy atom. The van der Waals surface area contributed by atoms with Crippen LogP contribution in [-0.4, -0.2) is 45.6 Å². The fraction of sp³-hybridized carbons (Fsp3) is 0.909. The summed E-state index contributed by atoms with van der Waals surface area (Å²) in [7, 11) is -1.91. The number of carbonyl (C=O) groups is 1. The highest BCUT2D eigenvalue weighted by atomic mass is 32.2. The predicted molar refractivity (Wildman–Crippen MR) is 65.5 cm³/mol. The van der Waals surface area contributed by atoms with Gasteiger partial charge in [0.25, 0.3) is 0 Å². The molecule has 0 aromatic carbocycles. The van der Waals surface area contributed by atoms with E-state index in [1.54, 1.807) is 0 Å². The number of sulfone groups is 1. The lowest BCUT2D eigenvalue weighted by Crippen LogP contribution is -2.38. The molecule has 1 atom stereocenters. The van der Waals surface area contributed by atoms with Crippen molar-refractivity contribution in [3.05, 3.63) is 0 Å². The minimum Gasteiger partial charge on any atom is -0.469 e. The first-order chi connectivity index (χ1) is 7.98. The van der Waals surface area contributed by atoms with Crippen LogP contribution in [0.1, 0.15) is 26.2 Å². The molecular weight excluding hydrogens is 242 g/mol. The minimum atomic E-state index is -3.18. The lowest BCUT2D eigenvalue weighted by molar-refractivity contribution is -0.140. The number of methoxy groups -OCH3 is 1. The molecule has 0 aromatic rings. The number of hydrogen-bond donors (Lipinski definition) is 1. The summed E-state index contributed by atoms with van der Waals surface area (Å²) in [6, 6.07) is 0.0441. The van der Waals surface area contributed by atoms with Crippen molar-refractivity contribution >= 4 is 15.8 Å². The molecule has 1 aliphatic carbocycles. The van der Waals surface area contributed by atoms with Gasteiger partial charge in [0, 0.05) is 6.04 Å². The van der Waals surface area contributed by atoms with Gasteiger partial charge in [0.2, 0.25) is 0 Å². The molecule has 0 aromatic heterocycles. The van der Waals surface area contributed by atoms with E-state index in [4.69, 9.17) is 0 Å². The molecule has 0 aliphatic heterocycles. The van der Waals surface area contributed by atoms with E-state index in [1.165, 1.54) is 7.11 Å². The average Bonchev–Trinajstić information content (AvgIpc) is 3.09. The number of nitrogens with one attached hydrogen (secondary N) is 1. The van der Waals surface area contributed by atoms with Crippen LogP contribution in [0.2, 0.25) is 0 Å². The molecule has 100 valence electrons. The third-order valence-electron chi connectivity index (χ3n) is 2.94. The van der Waals surface area contributed by atoms with E-state index in [9.17, 15) is 13.2 Å². The van der Waals surface area contributed by atoms with Crippen molar-refractivity contribution in [2.75, 3.05) is 25.2 Å². The Morgan fingerprint density at radius 3 is 2.59 bits per heavy atom. The molecule has 17 heavy (non-hydrogen) atoms. The van der Waals surface area contributed by atoms with Crippen molar-refractivity contribution < 1.29 is 17.9 Å². The first-order valence-electron chi connectivity index (χ1n) is 5.99. The zero-order valence-electron chi connectivity index (χ0n) is 10.4. The Morgan fingerprint density at radius 2 is 2.12 bits per heavy atom. The van der Waals surface area contributed by atoms with E-state index < -0.39 is 15.8 Å². The highest BCUT2D eigenvalue weighted by Crippen LogP contribution is 2.33. The number of hydrogen-bond acceptors (Lipinski definition) is 5. The molecule has 0 amide bonds. The van der Waals surface area contributed by atoms with Crippen LogP contribution in [0.25, 0.3) is 0 Å². The summed E-state index contributed by atoms with van der Waals surface area (Å²) in [5, 5.41) is 3.21. The van der Waals surface area contributed by atoms with Crippen molar-refractivity contribution in [3.8, 4) is 0 Å². The quantitative estimate of drug-likeness (QED) is 0.640. The first-order valence-corrected chi connectivity index (χ1v) is 7.81. The Bertz CT molecular complexity index is 348. The highest BCUT2D eigenvalue weighted by Gasteiger charge is 2.33. The SMILES string of the molecule is CCNC(CS(=O)(=O)CCC(=O)OC)C1CC1. The number of carbonyl (C=O) groups excluding carboxylic acids is 1. The third kappa shape index (κ3) is 5.50. The molecule has 6 heteroatoms. The van der Waals surface area contributed by atoms with E-state index >= 15 is 0 Å². The van der Waals surface area contributed by atoms with Gasteiger partial charge in [-0.3, -0.25) is 4.79 Å². The highest BCUT2D eigenvalue weighted by molar-refractivity contribution is 7.91. The van der Waals surface area contributed by atoms with Crippen LogP contribution in [0.15, 0.2) is 0 Å². The average molecular weight is 263 g/mol. The lowest BCUT2D eigenvalue weighted by Gasteiger charge is -2.16. The lowest BCUT2D eigenvalue weighted by atomic mass is 10.2. The van der Waals surface area contributed by atoms with Gasteiger partial charge in [-0.2, -0.15) is 0 Å². The van der Waals surface area contributed by atoms with Crippen LogP contribution in [-0.2, 0) is 19.4 Å². The molecule has 1 unspecified atom stereocenters. The Hall–Kier alpha value is -0.620. The Balaban J connectivity index is 2.43. The summed E-state index contributed by atoms with van der Waals surface area (Å²) < 4.78 is 28.1. The van der Waals surface area contributed by atoms with Gasteiger partial charge in [-0.15, -0.1) is 0 Å². The van der Waals surface area contributed by atoms with Gasteiger partial charge in [0.1, 0.15) is 0 Å². The maximum Gasteiger partial charge on any atom is 0.306 e. The van der Waals surface area contributed by atoms with Crippen molar-refractivity contribution in [1.29, 1.82) is 0 Å². The van der Waals surface area contributed by atoms with E-state index in [-0.39, 0.29) is 24.0 Å². The summed E-state index contributed by atoms with van der Waals surface area (Å²) >= 11 is 0. The smallest absolute Gasteiger partial charge is 0.306 e. The summed E-state index contributed by atoms with van der Waals surface area (Å²) in [5.41, 5.74) is 0. The molecule has 1 saturated carbocycles. The summed E-state index contributed by atoms with van der Waals surface area (Å²) in [5.74, 6) is 0.0272. The molecule has 0 saturated heterocycles. The Kier molecular flexibility index (Phi) is 5.39. The van der Waals surface area contributed by atoms with Crippen LogP contribution in [0.4, 0.5) is 0 Å². The summed E-state index contributed by atoms with van der Waals surface area (Å²) in [6.07, 6.45) is 2.15. The van der Waals surface area contributed by atoms with Crippen molar-refractivity contribution in [3.63, 3.8) is 0 Å². The van der Waals surface area contributed by atoms with E-state index in [0.29, 0.717) is 5.92 Å². The molecule has 0 spiro atoms. The zero-order chi connectivity index (χ0) is 12.9. The van der Waals surface area contributed by atoms with Crippen molar-refractivity contribution in [1.82, 2.24) is 5.32 Å². The molecule has 0 heterocycles. The second-order valence-corrected chi connectivity index (χ2v) is 6.67. The predicted octanol–water partition coefficient (Wildman–Crippen LogP) is 0.352. The molecule has 1 aliphatic rings. The van der Waals surface area contributed by atoms with Gasteiger partial charge in [0.05, 0.1) is 25.0 Å². The van der Waals surface area contributed by atoms with Crippen LogP contribution in [0.3, 0.4) is 0 Å². The van der Waals surface area contributed by atoms with E-state index in [0.717, 1.165) is 19.4 Å². The second-order valence-electron chi connectivity index (χ2n) is 4.44. The maximum absolute atomic E-state index is 11.8.